The molecule has 1 aromatic heterocycles. The van der Waals surface area contributed by atoms with Crippen LogP contribution >= 0.6 is 0 Å². The fraction of sp³-hybridized carbons (Fsp3) is 0.722. The summed E-state index contributed by atoms with van der Waals surface area (Å²) >= 11 is 0. The Labute approximate surface area is 148 Å². The number of carbonyl (C=O) groups excluding carboxylic acids is 2. The van der Waals surface area contributed by atoms with Crippen molar-refractivity contribution in [2.45, 2.75) is 39.2 Å². The highest BCUT2D eigenvalue weighted by Gasteiger charge is 2.52. The molecule has 1 aromatic rings. The Morgan fingerprint density at radius 2 is 2.16 bits per heavy atom. The fourth-order valence-corrected chi connectivity index (χ4v) is 4.40. The summed E-state index contributed by atoms with van der Waals surface area (Å²) in [6.45, 7) is 4.81. The first-order chi connectivity index (χ1) is 12.1. The molecule has 0 aromatic carbocycles. The van der Waals surface area contributed by atoms with E-state index in [2.05, 4.69) is 10.4 Å². The summed E-state index contributed by atoms with van der Waals surface area (Å²) in [7, 11) is 1.62. The van der Waals surface area contributed by atoms with Crippen molar-refractivity contribution in [3.8, 4) is 0 Å². The zero-order valence-corrected chi connectivity index (χ0v) is 15.2. The van der Waals surface area contributed by atoms with Crippen molar-refractivity contribution in [3.05, 3.63) is 18.0 Å². The molecule has 3 rings (SSSR count). The minimum absolute atomic E-state index is 0.0159. The van der Waals surface area contributed by atoms with E-state index in [9.17, 15) is 9.59 Å². The molecule has 1 atom stereocenters. The molecular formula is C18H28N4O3. The molecule has 2 amide bonds. The average Bonchev–Trinajstić information content (AvgIpc) is 3.34. The van der Waals surface area contributed by atoms with E-state index in [4.69, 9.17) is 4.74 Å². The third-order valence-corrected chi connectivity index (χ3v) is 5.69. The van der Waals surface area contributed by atoms with Gasteiger partial charge in [0.1, 0.15) is 5.69 Å². The van der Waals surface area contributed by atoms with Crippen LogP contribution in [0, 0.1) is 11.3 Å². The second-order valence-corrected chi connectivity index (χ2v) is 7.12. The van der Waals surface area contributed by atoms with Crippen LogP contribution in [-0.4, -0.2) is 59.8 Å². The lowest BCUT2D eigenvalue weighted by molar-refractivity contribution is -0.127. The summed E-state index contributed by atoms with van der Waals surface area (Å²) in [6, 6.07) is 1.76. The third-order valence-electron chi connectivity index (χ3n) is 5.69. The molecular weight excluding hydrogens is 320 g/mol. The number of hydrogen-bond donors (Lipinski definition) is 1. The smallest absolute Gasteiger partial charge is 0.272 e. The normalized spacial score (nSPS) is 21.8. The standard InChI is InChI=1S/C18H28N4O3/c1-3-22-15(6-9-20-22)17(24)21-12-14(16(23)19-10-11-25-2)18(13-21)7-4-5-8-18/h6,9,14H,3-5,7-8,10-13H2,1-2H3,(H,19,23). The molecule has 1 saturated carbocycles. The third kappa shape index (κ3) is 3.42. The second-order valence-electron chi connectivity index (χ2n) is 7.12. The lowest BCUT2D eigenvalue weighted by Crippen LogP contribution is -2.41. The van der Waals surface area contributed by atoms with Crippen LogP contribution in [0.4, 0.5) is 0 Å². The number of carbonyl (C=O) groups is 2. The molecule has 1 spiro atoms. The maximum absolute atomic E-state index is 13.0. The minimum atomic E-state index is -0.131. The van der Waals surface area contributed by atoms with Crippen LogP contribution in [0.15, 0.2) is 12.3 Å². The number of methoxy groups -OCH3 is 1. The fourth-order valence-electron chi connectivity index (χ4n) is 4.40. The number of nitrogens with one attached hydrogen (secondary N) is 1. The van der Waals surface area contributed by atoms with Gasteiger partial charge in [-0.2, -0.15) is 5.10 Å². The van der Waals surface area contributed by atoms with E-state index in [1.165, 1.54) is 0 Å². The van der Waals surface area contributed by atoms with Gasteiger partial charge in [0.2, 0.25) is 5.91 Å². The van der Waals surface area contributed by atoms with Gasteiger partial charge in [-0.1, -0.05) is 12.8 Å². The van der Waals surface area contributed by atoms with Crippen LogP contribution in [-0.2, 0) is 16.1 Å². The molecule has 25 heavy (non-hydrogen) atoms. The van der Waals surface area contributed by atoms with E-state index >= 15 is 0 Å². The molecule has 0 radical (unpaired) electrons. The van der Waals surface area contributed by atoms with Crippen molar-refractivity contribution in [2.24, 2.45) is 11.3 Å². The quantitative estimate of drug-likeness (QED) is 0.786. The van der Waals surface area contributed by atoms with Crippen molar-refractivity contribution in [1.82, 2.24) is 20.0 Å². The predicted octanol–water partition coefficient (Wildman–Crippen LogP) is 1.30. The summed E-state index contributed by atoms with van der Waals surface area (Å²) in [6.07, 6.45) is 5.97. The van der Waals surface area contributed by atoms with Gasteiger partial charge in [-0.15, -0.1) is 0 Å². The Balaban J connectivity index is 1.75. The first-order valence-electron chi connectivity index (χ1n) is 9.19. The van der Waals surface area contributed by atoms with Gasteiger partial charge in [0.25, 0.3) is 5.91 Å². The van der Waals surface area contributed by atoms with Crippen molar-refractivity contribution in [2.75, 3.05) is 33.4 Å². The van der Waals surface area contributed by atoms with Gasteiger partial charge < -0.3 is 15.0 Å². The van der Waals surface area contributed by atoms with E-state index in [1.807, 2.05) is 11.8 Å². The SMILES string of the molecule is CCn1nccc1C(=O)N1CC(C(=O)NCCOC)C2(CCCC2)C1. The van der Waals surface area contributed by atoms with Gasteiger partial charge in [-0.3, -0.25) is 14.3 Å². The van der Waals surface area contributed by atoms with Crippen molar-refractivity contribution in [3.63, 3.8) is 0 Å². The predicted molar refractivity (Wildman–Crippen MR) is 93.1 cm³/mol. The maximum Gasteiger partial charge on any atom is 0.272 e. The van der Waals surface area contributed by atoms with Gasteiger partial charge in [-0.05, 0) is 25.8 Å². The topological polar surface area (TPSA) is 76.5 Å². The molecule has 2 fully saturated rings. The van der Waals surface area contributed by atoms with Gasteiger partial charge in [-0.25, -0.2) is 0 Å². The van der Waals surface area contributed by atoms with Crippen LogP contribution in [0.1, 0.15) is 43.1 Å². The largest absolute Gasteiger partial charge is 0.383 e. The Morgan fingerprint density at radius 1 is 1.40 bits per heavy atom. The maximum atomic E-state index is 13.0. The molecule has 1 saturated heterocycles. The zero-order chi connectivity index (χ0) is 17.9. The van der Waals surface area contributed by atoms with Crippen LogP contribution in [0.3, 0.4) is 0 Å². The average molecular weight is 348 g/mol. The molecule has 7 heteroatoms. The molecule has 7 nitrogen and oxygen atoms in total. The van der Waals surface area contributed by atoms with E-state index in [0.29, 0.717) is 38.5 Å². The molecule has 2 aliphatic rings. The molecule has 1 aliphatic carbocycles. The monoisotopic (exact) mass is 348 g/mol. The van der Waals surface area contributed by atoms with Crippen LogP contribution in [0.25, 0.3) is 0 Å². The Hall–Kier alpha value is -1.89. The first-order valence-corrected chi connectivity index (χ1v) is 9.19. The Kier molecular flexibility index (Phi) is 5.42. The van der Waals surface area contributed by atoms with E-state index in [-0.39, 0.29) is 23.1 Å². The highest BCUT2D eigenvalue weighted by atomic mass is 16.5. The number of amides is 2. The Bertz CT molecular complexity index is 622. The zero-order valence-electron chi connectivity index (χ0n) is 15.2. The van der Waals surface area contributed by atoms with Gasteiger partial charge >= 0.3 is 0 Å². The van der Waals surface area contributed by atoms with Crippen LogP contribution in [0.5, 0.6) is 0 Å². The first kappa shape index (κ1) is 17.9. The number of hydrogen-bond acceptors (Lipinski definition) is 4. The van der Waals surface area contributed by atoms with E-state index < -0.39 is 0 Å². The van der Waals surface area contributed by atoms with Gasteiger partial charge in [0, 0.05) is 44.9 Å². The number of rotatable bonds is 6. The number of aromatic nitrogens is 2. The highest BCUT2D eigenvalue weighted by Crippen LogP contribution is 2.49. The molecule has 2 heterocycles. The number of nitrogens with zero attached hydrogens (tertiary/aromatic N) is 3. The van der Waals surface area contributed by atoms with Crippen molar-refractivity contribution >= 4 is 11.8 Å². The summed E-state index contributed by atoms with van der Waals surface area (Å²) < 4.78 is 6.73. The minimum Gasteiger partial charge on any atom is -0.383 e. The van der Waals surface area contributed by atoms with Gasteiger partial charge in [0.05, 0.1) is 12.5 Å². The van der Waals surface area contributed by atoms with E-state index in [0.717, 1.165) is 25.7 Å². The van der Waals surface area contributed by atoms with E-state index in [1.54, 1.807) is 24.1 Å². The molecule has 0 bridgehead atoms. The Morgan fingerprint density at radius 3 is 2.84 bits per heavy atom. The van der Waals surface area contributed by atoms with Crippen molar-refractivity contribution in [1.29, 1.82) is 0 Å². The van der Waals surface area contributed by atoms with Crippen molar-refractivity contribution < 1.29 is 14.3 Å². The lowest BCUT2D eigenvalue weighted by Gasteiger charge is -2.28. The number of aryl methyl sites for hydroxylation is 1. The molecule has 1 unspecified atom stereocenters. The lowest BCUT2D eigenvalue weighted by atomic mass is 9.76. The molecule has 1 N–H and O–H groups in total. The number of likely N-dealkylation sites (tertiary alicyclic amines) is 1. The molecule has 138 valence electrons. The summed E-state index contributed by atoms with van der Waals surface area (Å²) in [5, 5.41) is 7.17. The second kappa shape index (κ2) is 7.56. The number of ether oxygens (including phenoxy) is 1. The highest BCUT2D eigenvalue weighted by molar-refractivity contribution is 5.93. The summed E-state index contributed by atoms with van der Waals surface area (Å²) in [5.41, 5.74) is 0.542. The summed E-state index contributed by atoms with van der Waals surface area (Å²) in [5.74, 6) is -0.0927. The van der Waals surface area contributed by atoms with Crippen LogP contribution in [0.2, 0.25) is 0 Å². The van der Waals surface area contributed by atoms with Gasteiger partial charge in [0.15, 0.2) is 0 Å². The summed E-state index contributed by atoms with van der Waals surface area (Å²) in [4.78, 5) is 27.6. The van der Waals surface area contributed by atoms with Crippen LogP contribution < -0.4 is 5.32 Å². The molecule has 1 aliphatic heterocycles.